The minimum absolute atomic E-state index is 0.248. The molecule has 0 bridgehead atoms. The Morgan fingerprint density at radius 2 is 1.79 bits per heavy atom. The molecule has 0 spiro atoms. The molecule has 28 heavy (non-hydrogen) atoms. The lowest BCUT2D eigenvalue weighted by molar-refractivity contribution is 0.284. The van der Waals surface area contributed by atoms with Crippen molar-refractivity contribution >= 4 is 27.5 Å². The van der Waals surface area contributed by atoms with Gasteiger partial charge in [-0.3, -0.25) is 0 Å². The second-order valence-electron chi connectivity index (χ2n) is 6.53. The molecule has 0 aliphatic carbocycles. The summed E-state index contributed by atoms with van der Waals surface area (Å²) < 4.78 is 12.5. The van der Waals surface area contributed by atoms with Gasteiger partial charge in [0, 0.05) is 22.1 Å². The minimum Gasteiger partial charge on any atom is -0.493 e. The number of nitrogens with one attached hydrogen (secondary N) is 1. The number of benzene rings is 3. The van der Waals surface area contributed by atoms with Crippen molar-refractivity contribution in [2.24, 2.45) is 0 Å². The van der Waals surface area contributed by atoms with Gasteiger partial charge in [-0.15, -0.1) is 0 Å². The van der Waals surface area contributed by atoms with Crippen molar-refractivity contribution in [2.75, 3.05) is 7.11 Å². The van der Waals surface area contributed by atoms with Crippen LogP contribution in [0.25, 0.3) is 0 Å². The van der Waals surface area contributed by atoms with Crippen molar-refractivity contribution in [3.63, 3.8) is 0 Å². The highest BCUT2D eigenvalue weighted by molar-refractivity contribution is 9.10. The van der Waals surface area contributed by atoms with Crippen molar-refractivity contribution in [3.05, 3.63) is 92.9 Å². The lowest BCUT2D eigenvalue weighted by Crippen LogP contribution is -2.18. The molecule has 3 rings (SSSR count). The molecule has 3 nitrogen and oxygen atoms in total. The van der Waals surface area contributed by atoms with E-state index >= 15 is 0 Å². The fourth-order valence-corrected chi connectivity index (χ4v) is 3.57. The maximum absolute atomic E-state index is 6.04. The summed E-state index contributed by atoms with van der Waals surface area (Å²) >= 11 is 9.70. The van der Waals surface area contributed by atoms with Gasteiger partial charge < -0.3 is 14.8 Å². The predicted octanol–water partition coefficient (Wildman–Crippen LogP) is 6.54. The Hall–Kier alpha value is -2.01. The molecule has 0 aromatic heterocycles. The average molecular weight is 461 g/mol. The number of hydrogen-bond acceptors (Lipinski definition) is 3. The molecule has 0 heterocycles. The van der Waals surface area contributed by atoms with Gasteiger partial charge in [0.05, 0.1) is 7.11 Å². The molecular weight excluding hydrogens is 438 g/mol. The van der Waals surface area contributed by atoms with Gasteiger partial charge in [0.1, 0.15) is 6.61 Å². The van der Waals surface area contributed by atoms with E-state index < -0.39 is 0 Å². The monoisotopic (exact) mass is 459 g/mol. The third-order valence-electron chi connectivity index (χ3n) is 4.51. The third kappa shape index (κ3) is 5.51. The van der Waals surface area contributed by atoms with Gasteiger partial charge in [-0.05, 0) is 47.9 Å². The molecule has 0 amide bonds. The van der Waals surface area contributed by atoms with Crippen LogP contribution in [-0.2, 0) is 13.2 Å². The van der Waals surface area contributed by atoms with Crippen LogP contribution in [0.15, 0.2) is 71.2 Å². The molecule has 0 aliphatic rings. The number of rotatable bonds is 8. The fraction of sp³-hybridized carbons (Fsp3) is 0.217. The highest BCUT2D eigenvalue weighted by Gasteiger charge is 2.12. The topological polar surface area (TPSA) is 30.5 Å². The summed E-state index contributed by atoms with van der Waals surface area (Å²) in [6, 6.07) is 22.2. The summed E-state index contributed by atoms with van der Waals surface area (Å²) in [5, 5.41) is 4.25. The zero-order valence-corrected chi connectivity index (χ0v) is 18.3. The molecule has 0 saturated heterocycles. The summed E-state index contributed by atoms with van der Waals surface area (Å²) in [5.74, 6) is 1.39. The first-order valence-electron chi connectivity index (χ1n) is 9.09. The summed E-state index contributed by atoms with van der Waals surface area (Å²) in [7, 11) is 1.65. The van der Waals surface area contributed by atoms with Crippen LogP contribution in [0.1, 0.15) is 29.7 Å². The predicted molar refractivity (Wildman–Crippen MR) is 118 cm³/mol. The van der Waals surface area contributed by atoms with E-state index in [4.69, 9.17) is 21.1 Å². The van der Waals surface area contributed by atoms with E-state index in [-0.39, 0.29) is 6.04 Å². The van der Waals surface area contributed by atoms with Crippen molar-refractivity contribution < 1.29 is 9.47 Å². The van der Waals surface area contributed by atoms with Crippen LogP contribution in [0.4, 0.5) is 0 Å². The second-order valence-corrected chi connectivity index (χ2v) is 7.82. The lowest BCUT2D eigenvalue weighted by atomic mass is 10.1. The maximum atomic E-state index is 6.04. The SMILES string of the molecule is COc1cc(CNC(C)c2ccccc2)c(Br)cc1OCc1cccc(Cl)c1. The van der Waals surface area contributed by atoms with Crippen LogP contribution < -0.4 is 14.8 Å². The van der Waals surface area contributed by atoms with Crippen molar-refractivity contribution in [1.29, 1.82) is 0 Å². The van der Waals surface area contributed by atoms with Gasteiger partial charge in [0.15, 0.2) is 11.5 Å². The lowest BCUT2D eigenvalue weighted by Gasteiger charge is -2.17. The molecule has 0 aliphatic heterocycles. The van der Waals surface area contributed by atoms with Crippen LogP contribution in [0.2, 0.25) is 5.02 Å². The maximum Gasteiger partial charge on any atom is 0.162 e. The molecule has 3 aromatic rings. The standard InChI is InChI=1S/C23H23BrClNO2/c1-16(18-8-4-3-5-9-18)26-14-19-12-22(27-2)23(13-21(19)24)28-15-17-7-6-10-20(25)11-17/h3-13,16,26H,14-15H2,1-2H3. The molecule has 0 radical (unpaired) electrons. The van der Waals surface area contributed by atoms with Gasteiger partial charge in [0.2, 0.25) is 0 Å². The van der Waals surface area contributed by atoms with Crippen molar-refractivity contribution in [1.82, 2.24) is 5.32 Å². The molecular formula is C23H23BrClNO2. The first-order chi connectivity index (χ1) is 13.6. The Morgan fingerprint density at radius 3 is 2.50 bits per heavy atom. The molecule has 5 heteroatoms. The highest BCUT2D eigenvalue weighted by atomic mass is 79.9. The van der Waals surface area contributed by atoms with Crippen LogP contribution >= 0.6 is 27.5 Å². The Balaban J connectivity index is 1.68. The van der Waals surface area contributed by atoms with Gasteiger partial charge in [-0.1, -0.05) is 70.0 Å². The Bertz CT molecular complexity index is 918. The number of halogens is 2. The van der Waals surface area contributed by atoms with E-state index in [1.165, 1.54) is 5.56 Å². The molecule has 1 unspecified atom stereocenters. The number of ether oxygens (including phenoxy) is 2. The smallest absolute Gasteiger partial charge is 0.162 e. The highest BCUT2D eigenvalue weighted by Crippen LogP contribution is 2.34. The first kappa shape index (κ1) is 20.7. The van der Waals surface area contributed by atoms with Gasteiger partial charge in [0.25, 0.3) is 0 Å². The van der Waals surface area contributed by atoms with Crippen molar-refractivity contribution in [2.45, 2.75) is 26.1 Å². The van der Waals surface area contributed by atoms with E-state index in [9.17, 15) is 0 Å². The normalized spacial score (nSPS) is 11.9. The zero-order valence-electron chi connectivity index (χ0n) is 15.9. The number of hydrogen-bond donors (Lipinski definition) is 1. The van der Waals surface area contributed by atoms with Crippen LogP contribution in [0.5, 0.6) is 11.5 Å². The Labute approximate surface area is 179 Å². The van der Waals surface area contributed by atoms with Gasteiger partial charge in [-0.2, -0.15) is 0 Å². The molecule has 1 atom stereocenters. The first-order valence-corrected chi connectivity index (χ1v) is 10.3. The quantitative estimate of drug-likeness (QED) is 0.414. The van der Waals surface area contributed by atoms with Gasteiger partial charge >= 0.3 is 0 Å². The number of methoxy groups -OCH3 is 1. The second kappa shape index (κ2) is 9.97. The Kier molecular flexibility index (Phi) is 7.37. The summed E-state index contributed by atoms with van der Waals surface area (Å²) in [6.07, 6.45) is 0. The van der Waals surface area contributed by atoms with E-state index in [1.54, 1.807) is 7.11 Å². The zero-order chi connectivity index (χ0) is 19.9. The van der Waals surface area contributed by atoms with Crippen LogP contribution in [0, 0.1) is 0 Å². The average Bonchev–Trinajstić information content (AvgIpc) is 2.72. The molecule has 0 saturated carbocycles. The molecule has 0 fully saturated rings. The van der Waals surface area contributed by atoms with E-state index in [0.717, 1.165) is 15.6 Å². The van der Waals surface area contributed by atoms with Crippen molar-refractivity contribution in [3.8, 4) is 11.5 Å². The van der Waals surface area contributed by atoms with Crippen LogP contribution in [0.3, 0.4) is 0 Å². The summed E-state index contributed by atoms with van der Waals surface area (Å²) in [6.45, 7) is 3.29. The molecule has 146 valence electrons. The van der Waals surface area contributed by atoms with E-state index in [2.05, 4.69) is 52.4 Å². The fourth-order valence-electron chi connectivity index (χ4n) is 2.90. The van der Waals surface area contributed by atoms with E-state index in [0.29, 0.717) is 29.7 Å². The Morgan fingerprint density at radius 1 is 1.00 bits per heavy atom. The summed E-state index contributed by atoms with van der Waals surface area (Å²) in [5.41, 5.74) is 3.37. The minimum atomic E-state index is 0.248. The largest absolute Gasteiger partial charge is 0.493 e. The van der Waals surface area contributed by atoms with Gasteiger partial charge in [-0.25, -0.2) is 0 Å². The molecule has 3 aromatic carbocycles. The third-order valence-corrected chi connectivity index (χ3v) is 5.49. The molecule has 1 N–H and O–H groups in total. The van der Waals surface area contributed by atoms with Crippen LogP contribution in [-0.4, -0.2) is 7.11 Å². The van der Waals surface area contributed by atoms with E-state index in [1.807, 2.05) is 42.5 Å². The summed E-state index contributed by atoms with van der Waals surface area (Å²) in [4.78, 5) is 0.